The van der Waals surface area contributed by atoms with E-state index in [0.29, 0.717) is 6.04 Å². The molecule has 0 N–H and O–H groups in total. The second-order valence-electron chi connectivity index (χ2n) is 6.25. The molecule has 1 aliphatic carbocycles. The maximum atomic E-state index is 4.79. The summed E-state index contributed by atoms with van der Waals surface area (Å²) in [5, 5.41) is 0.746. The fourth-order valence-electron chi connectivity index (χ4n) is 2.42. The standard InChI is InChI=1S/C14H29NSSi/c1-13(16-17(2,3)4)11-12-15-14-9-7-5-6-8-10-14/h12-14H,5-11H2,1-4H3/b15-12-. The van der Waals surface area contributed by atoms with E-state index in [0.717, 1.165) is 11.7 Å². The molecule has 3 heteroatoms. The highest BCUT2D eigenvalue weighted by molar-refractivity contribution is 8.29. The van der Waals surface area contributed by atoms with Gasteiger partial charge in [0.05, 0.1) is 0 Å². The molecule has 1 fully saturated rings. The van der Waals surface area contributed by atoms with Crippen LogP contribution in [0.2, 0.25) is 19.6 Å². The molecule has 0 aromatic carbocycles. The Morgan fingerprint density at radius 2 is 1.76 bits per heavy atom. The highest BCUT2D eigenvalue weighted by Gasteiger charge is 2.17. The Morgan fingerprint density at radius 1 is 1.18 bits per heavy atom. The van der Waals surface area contributed by atoms with Gasteiger partial charge in [0, 0.05) is 17.5 Å². The Kier molecular flexibility index (Phi) is 6.86. The Morgan fingerprint density at radius 3 is 2.29 bits per heavy atom. The van der Waals surface area contributed by atoms with E-state index < -0.39 is 7.22 Å². The summed E-state index contributed by atoms with van der Waals surface area (Å²) in [5.74, 6) is 0. The van der Waals surface area contributed by atoms with Crippen LogP contribution >= 0.6 is 11.2 Å². The van der Waals surface area contributed by atoms with Gasteiger partial charge in [-0.3, -0.25) is 4.99 Å². The van der Waals surface area contributed by atoms with Gasteiger partial charge in [-0.1, -0.05) is 52.2 Å². The molecule has 100 valence electrons. The molecule has 1 aliphatic rings. The molecule has 0 bridgehead atoms. The lowest BCUT2D eigenvalue weighted by Crippen LogP contribution is -2.19. The molecule has 1 saturated carbocycles. The topological polar surface area (TPSA) is 12.4 Å². The quantitative estimate of drug-likeness (QED) is 0.384. The molecule has 0 aliphatic heterocycles. The van der Waals surface area contributed by atoms with Crippen LogP contribution in [-0.4, -0.2) is 24.7 Å². The molecule has 0 radical (unpaired) electrons. The lowest BCUT2D eigenvalue weighted by atomic mass is 10.1. The number of nitrogens with zero attached hydrogens (tertiary/aromatic N) is 1. The first kappa shape index (κ1) is 15.3. The van der Waals surface area contributed by atoms with Gasteiger partial charge in [-0.2, -0.15) is 11.2 Å². The van der Waals surface area contributed by atoms with E-state index in [-0.39, 0.29) is 0 Å². The van der Waals surface area contributed by atoms with E-state index in [2.05, 4.69) is 44.0 Å². The van der Waals surface area contributed by atoms with Crippen LogP contribution in [0.4, 0.5) is 0 Å². The summed E-state index contributed by atoms with van der Waals surface area (Å²) in [6.45, 7) is 9.63. The first-order valence-electron chi connectivity index (χ1n) is 7.17. The van der Waals surface area contributed by atoms with Crippen LogP contribution < -0.4 is 0 Å². The molecule has 1 nitrogen and oxygen atoms in total. The first-order valence-corrected chi connectivity index (χ1v) is 12.3. The monoisotopic (exact) mass is 271 g/mol. The van der Waals surface area contributed by atoms with Crippen molar-refractivity contribution in [2.45, 2.75) is 82.8 Å². The highest BCUT2D eigenvalue weighted by Crippen LogP contribution is 2.26. The van der Waals surface area contributed by atoms with E-state index in [1.807, 2.05) is 0 Å². The van der Waals surface area contributed by atoms with Gasteiger partial charge in [0.2, 0.25) is 0 Å². The molecule has 1 rings (SSSR count). The average molecular weight is 272 g/mol. The van der Waals surface area contributed by atoms with Crippen molar-refractivity contribution in [3.8, 4) is 0 Å². The minimum absolute atomic E-state index is 0.640. The van der Waals surface area contributed by atoms with Crippen LogP contribution in [0.25, 0.3) is 0 Å². The van der Waals surface area contributed by atoms with Crippen LogP contribution in [0.15, 0.2) is 4.99 Å². The van der Waals surface area contributed by atoms with Gasteiger partial charge < -0.3 is 0 Å². The molecule has 17 heavy (non-hydrogen) atoms. The smallest absolute Gasteiger partial charge is 0.108 e. The van der Waals surface area contributed by atoms with Crippen molar-refractivity contribution in [2.75, 3.05) is 0 Å². The van der Waals surface area contributed by atoms with Crippen LogP contribution in [0.5, 0.6) is 0 Å². The molecular weight excluding hydrogens is 242 g/mol. The summed E-state index contributed by atoms with van der Waals surface area (Å²) in [7, 11) is -0.963. The van der Waals surface area contributed by atoms with E-state index in [9.17, 15) is 0 Å². The van der Waals surface area contributed by atoms with Crippen molar-refractivity contribution >= 4 is 24.6 Å². The highest BCUT2D eigenvalue weighted by atomic mass is 32.4. The van der Waals surface area contributed by atoms with Gasteiger partial charge in [-0.25, -0.2) is 0 Å². The minimum Gasteiger partial charge on any atom is -0.294 e. The van der Waals surface area contributed by atoms with Crippen LogP contribution in [-0.2, 0) is 0 Å². The third-order valence-electron chi connectivity index (χ3n) is 3.13. The molecule has 0 aromatic heterocycles. The summed E-state index contributed by atoms with van der Waals surface area (Å²) < 4.78 is 0. The second kappa shape index (κ2) is 7.62. The molecule has 1 unspecified atom stereocenters. The molecule has 0 heterocycles. The fourth-order valence-corrected chi connectivity index (χ4v) is 7.72. The SMILES string of the molecule is CC(C/C=N\C1CCCCCC1)S[Si](C)(C)C. The van der Waals surface area contributed by atoms with Crippen molar-refractivity contribution in [3.05, 3.63) is 0 Å². The fraction of sp³-hybridized carbons (Fsp3) is 0.929. The zero-order valence-electron chi connectivity index (χ0n) is 12.0. The summed E-state index contributed by atoms with van der Waals surface area (Å²) >= 11 is 2.20. The number of hydrogen-bond acceptors (Lipinski definition) is 2. The predicted molar refractivity (Wildman–Crippen MR) is 85.0 cm³/mol. The summed E-state index contributed by atoms with van der Waals surface area (Å²) in [6, 6.07) is 0.640. The predicted octanol–water partition coefficient (Wildman–Crippen LogP) is 5.13. The molecule has 1 atom stereocenters. The van der Waals surface area contributed by atoms with Gasteiger partial charge in [0.1, 0.15) is 7.22 Å². The second-order valence-corrected chi connectivity index (χ2v) is 15.9. The van der Waals surface area contributed by atoms with Gasteiger partial charge in [0.25, 0.3) is 0 Å². The lowest BCUT2D eigenvalue weighted by molar-refractivity contribution is 0.586. The summed E-state index contributed by atoms with van der Waals surface area (Å²) in [5.41, 5.74) is 0. The molecule has 0 spiro atoms. The van der Waals surface area contributed by atoms with Crippen molar-refractivity contribution in [3.63, 3.8) is 0 Å². The van der Waals surface area contributed by atoms with Gasteiger partial charge >= 0.3 is 0 Å². The molecular formula is C14H29NSSi. The van der Waals surface area contributed by atoms with Gasteiger partial charge in [-0.15, -0.1) is 0 Å². The number of hydrogen-bond donors (Lipinski definition) is 0. The van der Waals surface area contributed by atoms with E-state index in [1.165, 1.54) is 38.5 Å². The third-order valence-corrected chi connectivity index (χ3v) is 7.76. The zero-order chi connectivity index (χ0) is 12.7. The van der Waals surface area contributed by atoms with E-state index in [1.54, 1.807) is 0 Å². The average Bonchev–Trinajstić information content (AvgIpc) is 2.43. The number of aliphatic imine (C=N–C) groups is 1. The maximum Gasteiger partial charge on any atom is 0.108 e. The lowest BCUT2D eigenvalue weighted by Gasteiger charge is -2.20. The van der Waals surface area contributed by atoms with Gasteiger partial charge in [-0.05, 0) is 19.3 Å². The Labute approximate surface area is 113 Å². The number of rotatable bonds is 5. The maximum absolute atomic E-state index is 4.79. The van der Waals surface area contributed by atoms with Crippen molar-refractivity contribution in [1.29, 1.82) is 0 Å². The largest absolute Gasteiger partial charge is 0.294 e. The molecule has 0 saturated heterocycles. The van der Waals surface area contributed by atoms with Crippen molar-refractivity contribution in [2.24, 2.45) is 4.99 Å². The van der Waals surface area contributed by atoms with E-state index in [4.69, 9.17) is 4.99 Å². The van der Waals surface area contributed by atoms with Crippen LogP contribution in [0.3, 0.4) is 0 Å². The van der Waals surface area contributed by atoms with Crippen molar-refractivity contribution < 1.29 is 0 Å². The zero-order valence-corrected chi connectivity index (χ0v) is 13.9. The Balaban J connectivity index is 2.23. The van der Waals surface area contributed by atoms with Gasteiger partial charge in [0.15, 0.2) is 0 Å². The summed E-state index contributed by atoms with van der Waals surface area (Å²) in [4.78, 5) is 4.79. The molecule has 0 amide bonds. The molecule has 0 aromatic rings. The van der Waals surface area contributed by atoms with E-state index >= 15 is 0 Å². The Hall–Kier alpha value is 0.237. The van der Waals surface area contributed by atoms with Crippen LogP contribution in [0.1, 0.15) is 51.9 Å². The van der Waals surface area contributed by atoms with Crippen LogP contribution in [0, 0.1) is 0 Å². The third kappa shape index (κ3) is 8.04. The summed E-state index contributed by atoms with van der Waals surface area (Å²) in [6.07, 6.45) is 11.7. The van der Waals surface area contributed by atoms with Crippen molar-refractivity contribution in [1.82, 2.24) is 0 Å². The first-order chi connectivity index (χ1) is 7.97. The minimum atomic E-state index is -0.963. The normalized spacial score (nSPS) is 21.6. The Bertz CT molecular complexity index is 227.